The van der Waals surface area contributed by atoms with Crippen LogP contribution in [0, 0.1) is 5.92 Å². The van der Waals surface area contributed by atoms with Gasteiger partial charge in [0.1, 0.15) is 0 Å². The Balaban J connectivity index is 1.27. The van der Waals surface area contributed by atoms with Crippen LogP contribution in [0.1, 0.15) is 31.7 Å². The number of hydrogen-bond acceptors (Lipinski definition) is 5. The highest BCUT2D eigenvalue weighted by atomic mass is 16.2. The van der Waals surface area contributed by atoms with Gasteiger partial charge in [0.05, 0.1) is 24.3 Å². The molecular weight excluding hydrogens is 438 g/mol. The first-order valence-electron chi connectivity index (χ1n) is 12.6. The van der Waals surface area contributed by atoms with Crippen molar-refractivity contribution < 1.29 is 4.79 Å². The molecule has 35 heavy (non-hydrogen) atoms. The third-order valence-electron chi connectivity index (χ3n) is 6.59. The maximum atomic E-state index is 12.9. The number of amides is 1. The molecule has 1 fully saturated rings. The number of rotatable bonds is 10. The zero-order valence-electron chi connectivity index (χ0n) is 20.5. The minimum absolute atomic E-state index is 0.0769. The van der Waals surface area contributed by atoms with Crippen molar-refractivity contribution in [2.45, 2.75) is 32.7 Å². The van der Waals surface area contributed by atoms with Gasteiger partial charge in [-0.2, -0.15) is 5.10 Å². The number of nitrogens with zero attached hydrogens (tertiary/aromatic N) is 4. The Hall–Kier alpha value is -3.61. The average molecular weight is 474 g/mol. The minimum atomic E-state index is -0.128. The highest BCUT2D eigenvalue weighted by Crippen LogP contribution is 2.22. The first-order chi connectivity index (χ1) is 17.1. The first-order valence-corrected chi connectivity index (χ1v) is 12.6. The molecule has 7 heteroatoms. The number of hydrogen-bond donors (Lipinski definition) is 1. The molecule has 4 rings (SSSR count). The molecule has 1 saturated heterocycles. The summed E-state index contributed by atoms with van der Waals surface area (Å²) in [5, 5.41) is 7.52. The van der Waals surface area contributed by atoms with E-state index in [2.05, 4.69) is 51.4 Å². The van der Waals surface area contributed by atoms with Crippen molar-refractivity contribution in [2.24, 2.45) is 5.92 Å². The van der Waals surface area contributed by atoms with Gasteiger partial charge < -0.3 is 15.1 Å². The van der Waals surface area contributed by atoms with Crippen molar-refractivity contribution in [3.8, 4) is 0 Å². The lowest BCUT2D eigenvalue weighted by atomic mass is 9.97. The lowest BCUT2D eigenvalue weighted by Gasteiger charge is -2.33. The summed E-state index contributed by atoms with van der Waals surface area (Å²) in [6.45, 7) is 6.55. The Labute approximate surface area is 207 Å². The summed E-state index contributed by atoms with van der Waals surface area (Å²) in [7, 11) is 0. The molecule has 184 valence electrons. The summed E-state index contributed by atoms with van der Waals surface area (Å²) < 4.78 is 1.47. The molecule has 0 spiro atoms. The molecule has 1 atom stereocenters. The van der Waals surface area contributed by atoms with E-state index in [0.29, 0.717) is 19.6 Å². The second-order valence-electron chi connectivity index (χ2n) is 9.04. The van der Waals surface area contributed by atoms with E-state index in [0.717, 1.165) is 50.1 Å². The van der Waals surface area contributed by atoms with E-state index in [9.17, 15) is 9.59 Å². The number of nitrogens with one attached hydrogen (secondary N) is 1. The van der Waals surface area contributed by atoms with Crippen molar-refractivity contribution in [1.29, 1.82) is 0 Å². The summed E-state index contributed by atoms with van der Waals surface area (Å²) in [6, 6.07) is 21.8. The summed E-state index contributed by atoms with van der Waals surface area (Å²) >= 11 is 0. The maximum Gasteiger partial charge on any atom is 0.269 e. The molecule has 1 amide bonds. The van der Waals surface area contributed by atoms with E-state index in [-0.39, 0.29) is 17.4 Å². The van der Waals surface area contributed by atoms with Gasteiger partial charge in [0, 0.05) is 44.5 Å². The molecule has 0 saturated carbocycles. The standard InChI is InChI=1S/C28H35N5O2/c1-2-31(25-14-7-4-8-15-25)18-10-16-29-28(35)24-13-9-17-32(22-24)26-19-27(34)33(30-20-26)21-23-11-5-3-6-12-23/h3-8,11-12,14-15,19-20,24H,2,9-10,13,16-18,21-22H2,1H3,(H,29,35). The fourth-order valence-corrected chi connectivity index (χ4v) is 4.63. The Morgan fingerprint density at radius 3 is 2.57 bits per heavy atom. The fraction of sp³-hybridized carbons (Fsp3) is 0.393. The monoisotopic (exact) mass is 473 g/mol. The zero-order chi connectivity index (χ0) is 24.5. The van der Waals surface area contributed by atoms with Crippen LogP contribution in [0.4, 0.5) is 11.4 Å². The Bertz CT molecular complexity index is 1130. The van der Waals surface area contributed by atoms with Crippen LogP contribution in [0.2, 0.25) is 0 Å². The van der Waals surface area contributed by atoms with Gasteiger partial charge in [-0.1, -0.05) is 48.5 Å². The predicted molar refractivity (Wildman–Crippen MR) is 141 cm³/mol. The third kappa shape index (κ3) is 6.72. The highest BCUT2D eigenvalue weighted by Gasteiger charge is 2.26. The molecule has 3 aromatic rings. The number of piperidine rings is 1. The van der Waals surface area contributed by atoms with E-state index in [1.165, 1.54) is 10.4 Å². The highest BCUT2D eigenvalue weighted by molar-refractivity contribution is 5.79. The van der Waals surface area contributed by atoms with Gasteiger partial charge in [-0.05, 0) is 43.9 Å². The maximum absolute atomic E-state index is 12.9. The molecule has 1 N–H and O–H groups in total. The van der Waals surface area contributed by atoms with E-state index < -0.39 is 0 Å². The minimum Gasteiger partial charge on any atom is -0.372 e. The second-order valence-corrected chi connectivity index (χ2v) is 9.04. The molecule has 1 unspecified atom stereocenters. The molecule has 2 aromatic carbocycles. The molecule has 0 radical (unpaired) electrons. The van der Waals surface area contributed by atoms with Gasteiger partial charge >= 0.3 is 0 Å². The zero-order valence-corrected chi connectivity index (χ0v) is 20.5. The van der Waals surface area contributed by atoms with Crippen molar-refractivity contribution in [2.75, 3.05) is 42.5 Å². The van der Waals surface area contributed by atoms with Crippen LogP contribution in [0.25, 0.3) is 0 Å². The van der Waals surface area contributed by atoms with E-state index >= 15 is 0 Å². The van der Waals surface area contributed by atoms with E-state index in [1.54, 1.807) is 12.3 Å². The van der Waals surface area contributed by atoms with Crippen molar-refractivity contribution in [1.82, 2.24) is 15.1 Å². The molecule has 2 heterocycles. The van der Waals surface area contributed by atoms with E-state index in [4.69, 9.17) is 0 Å². The molecule has 7 nitrogen and oxygen atoms in total. The van der Waals surface area contributed by atoms with Crippen molar-refractivity contribution >= 4 is 17.3 Å². The quantitative estimate of drug-likeness (QED) is 0.456. The first kappa shape index (κ1) is 24.5. The number of benzene rings is 2. The molecule has 1 aliphatic rings. The summed E-state index contributed by atoms with van der Waals surface area (Å²) in [4.78, 5) is 29.9. The normalized spacial score (nSPS) is 15.6. The van der Waals surface area contributed by atoms with E-state index in [1.807, 2.05) is 36.4 Å². The molecule has 1 aliphatic heterocycles. The van der Waals surface area contributed by atoms with Crippen LogP contribution < -0.4 is 20.7 Å². The predicted octanol–water partition coefficient (Wildman–Crippen LogP) is 3.54. The van der Waals surface area contributed by atoms with Crippen LogP contribution in [0.15, 0.2) is 77.7 Å². The molecular formula is C28H35N5O2. The number of carbonyl (C=O) groups excluding carboxylic acids is 1. The van der Waals surface area contributed by atoms with Gasteiger partial charge in [-0.3, -0.25) is 9.59 Å². The van der Waals surface area contributed by atoms with Crippen molar-refractivity contribution in [3.05, 3.63) is 88.8 Å². The summed E-state index contributed by atoms with van der Waals surface area (Å²) in [6.07, 6.45) is 4.43. The van der Waals surface area contributed by atoms with Crippen LogP contribution >= 0.6 is 0 Å². The van der Waals surface area contributed by atoms with Crippen LogP contribution in [-0.2, 0) is 11.3 Å². The van der Waals surface area contributed by atoms with Crippen LogP contribution in [0.3, 0.4) is 0 Å². The summed E-state index contributed by atoms with van der Waals surface area (Å²) in [5.41, 5.74) is 2.91. The SMILES string of the molecule is CCN(CCCNC(=O)C1CCCN(c2cnn(Cc3ccccc3)c(=O)c2)C1)c1ccccc1. The second kappa shape index (κ2) is 12.2. The molecule has 0 aliphatic carbocycles. The van der Waals surface area contributed by atoms with Gasteiger partial charge in [0.15, 0.2) is 0 Å². The third-order valence-corrected chi connectivity index (χ3v) is 6.59. The smallest absolute Gasteiger partial charge is 0.269 e. The largest absolute Gasteiger partial charge is 0.372 e. The Kier molecular flexibility index (Phi) is 8.54. The summed E-state index contributed by atoms with van der Waals surface area (Å²) in [5.74, 6) is 0.0229. The topological polar surface area (TPSA) is 70.5 Å². The van der Waals surface area contributed by atoms with Gasteiger partial charge in [0.25, 0.3) is 5.56 Å². The Morgan fingerprint density at radius 2 is 1.86 bits per heavy atom. The van der Waals surface area contributed by atoms with Gasteiger partial charge in [-0.15, -0.1) is 0 Å². The van der Waals surface area contributed by atoms with Crippen molar-refractivity contribution in [3.63, 3.8) is 0 Å². The Morgan fingerprint density at radius 1 is 1.11 bits per heavy atom. The lowest BCUT2D eigenvalue weighted by molar-refractivity contribution is -0.125. The number of carbonyl (C=O) groups is 1. The number of anilines is 2. The fourth-order valence-electron chi connectivity index (χ4n) is 4.63. The van der Waals surface area contributed by atoms with Gasteiger partial charge in [0.2, 0.25) is 5.91 Å². The van der Waals surface area contributed by atoms with Gasteiger partial charge in [-0.25, -0.2) is 4.68 Å². The van der Waals surface area contributed by atoms with Crippen LogP contribution in [-0.4, -0.2) is 48.4 Å². The average Bonchev–Trinajstić information content (AvgIpc) is 2.91. The molecule has 1 aromatic heterocycles. The lowest BCUT2D eigenvalue weighted by Crippen LogP contribution is -2.44. The van der Waals surface area contributed by atoms with Crippen LogP contribution in [0.5, 0.6) is 0 Å². The molecule has 0 bridgehead atoms. The number of aromatic nitrogens is 2. The number of para-hydroxylation sites is 1.